The highest BCUT2D eigenvalue weighted by Gasteiger charge is 2.12. The van der Waals surface area contributed by atoms with Gasteiger partial charge in [-0.2, -0.15) is 0 Å². The Morgan fingerprint density at radius 3 is 2.50 bits per heavy atom. The molecule has 2 aromatic rings. The van der Waals surface area contributed by atoms with Crippen LogP contribution in [0.4, 0.5) is 0 Å². The predicted octanol–water partition coefficient (Wildman–Crippen LogP) is 3.55. The van der Waals surface area contributed by atoms with Crippen LogP contribution in [0.15, 0.2) is 42.5 Å². The highest BCUT2D eigenvalue weighted by Crippen LogP contribution is 2.31. The Morgan fingerprint density at radius 1 is 1.04 bits per heavy atom. The third-order valence-corrected chi connectivity index (χ3v) is 3.51. The summed E-state index contributed by atoms with van der Waals surface area (Å²) in [6.07, 6.45) is 2.53. The number of hydrogen-bond acceptors (Lipinski definition) is 5. The van der Waals surface area contributed by atoms with Crippen molar-refractivity contribution >= 4 is 6.08 Å². The number of phenols is 1. The number of methoxy groups -OCH3 is 2. The molecule has 128 valence electrons. The lowest BCUT2D eigenvalue weighted by atomic mass is 10.1. The van der Waals surface area contributed by atoms with E-state index < -0.39 is 6.10 Å². The molecule has 0 bridgehead atoms. The molecule has 0 heterocycles. The van der Waals surface area contributed by atoms with E-state index in [0.717, 1.165) is 5.56 Å². The molecule has 0 amide bonds. The van der Waals surface area contributed by atoms with Crippen LogP contribution in [0, 0.1) is 0 Å². The molecular formula is C19H22O5. The zero-order valence-electron chi connectivity index (χ0n) is 14.0. The number of phenolic OH excluding ortho intramolecular Hbond substituents is 1. The zero-order chi connectivity index (χ0) is 17.5. The molecule has 1 atom stereocenters. The van der Waals surface area contributed by atoms with Crippen LogP contribution in [0.25, 0.3) is 6.08 Å². The summed E-state index contributed by atoms with van der Waals surface area (Å²) in [5.74, 6) is 1.89. The fourth-order valence-electron chi connectivity index (χ4n) is 2.30. The van der Waals surface area contributed by atoms with E-state index in [9.17, 15) is 10.2 Å². The number of ether oxygens (including phenoxy) is 3. The van der Waals surface area contributed by atoms with Gasteiger partial charge in [-0.1, -0.05) is 12.2 Å². The van der Waals surface area contributed by atoms with E-state index in [0.29, 0.717) is 29.4 Å². The number of rotatable bonds is 7. The molecule has 5 nitrogen and oxygen atoms in total. The first-order valence-electron chi connectivity index (χ1n) is 7.63. The van der Waals surface area contributed by atoms with Crippen LogP contribution in [0.1, 0.15) is 24.2 Å². The Labute approximate surface area is 141 Å². The minimum absolute atomic E-state index is 0.0928. The summed E-state index contributed by atoms with van der Waals surface area (Å²) in [5.41, 5.74) is 1.40. The first-order chi connectivity index (χ1) is 11.6. The predicted molar refractivity (Wildman–Crippen MR) is 92.8 cm³/mol. The highest BCUT2D eigenvalue weighted by atomic mass is 16.5. The quantitative estimate of drug-likeness (QED) is 0.812. The molecule has 0 radical (unpaired) electrons. The smallest absolute Gasteiger partial charge is 0.129 e. The molecule has 0 aliphatic rings. The Kier molecular flexibility index (Phi) is 6.09. The van der Waals surface area contributed by atoms with Crippen molar-refractivity contribution in [3.63, 3.8) is 0 Å². The maximum Gasteiger partial charge on any atom is 0.129 e. The molecule has 2 aromatic carbocycles. The Morgan fingerprint density at radius 2 is 1.83 bits per heavy atom. The summed E-state index contributed by atoms with van der Waals surface area (Å²) < 4.78 is 16.0. The fourth-order valence-corrected chi connectivity index (χ4v) is 2.30. The number of benzene rings is 2. The second kappa shape index (κ2) is 8.26. The van der Waals surface area contributed by atoms with E-state index in [-0.39, 0.29) is 5.75 Å². The summed E-state index contributed by atoms with van der Waals surface area (Å²) in [6, 6.07) is 10.1. The van der Waals surface area contributed by atoms with Gasteiger partial charge in [-0.15, -0.1) is 0 Å². The molecule has 0 saturated heterocycles. The molecular weight excluding hydrogens is 308 g/mol. The molecule has 1 unspecified atom stereocenters. The molecule has 0 aliphatic heterocycles. The van der Waals surface area contributed by atoms with E-state index in [4.69, 9.17) is 14.2 Å². The van der Waals surface area contributed by atoms with Gasteiger partial charge < -0.3 is 24.4 Å². The first kappa shape index (κ1) is 17.7. The van der Waals surface area contributed by atoms with Crippen LogP contribution in [0.5, 0.6) is 23.0 Å². The topological polar surface area (TPSA) is 68.2 Å². The van der Waals surface area contributed by atoms with Crippen molar-refractivity contribution in [2.75, 3.05) is 20.8 Å². The number of aliphatic hydroxyl groups excluding tert-OH is 1. The number of hydrogen-bond donors (Lipinski definition) is 2. The van der Waals surface area contributed by atoms with E-state index in [1.165, 1.54) is 12.1 Å². The zero-order valence-corrected chi connectivity index (χ0v) is 14.0. The Balaban J connectivity index is 2.26. The average molecular weight is 330 g/mol. The van der Waals surface area contributed by atoms with Crippen molar-refractivity contribution in [3.05, 3.63) is 53.6 Å². The van der Waals surface area contributed by atoms with Gasteiger partial charge >= 0.3 is 0 Å². The lowest BCUT2D eigenvalue weighted by Crippen LogP contribution is -2.00. The van der Waals surface area contributed by atoms with Crippen LogP contribution in [-0.4, -0.2) is 31.0 Å². The van der Waals surface area contributed by atoms with E-state index in [1.54, 1.807) is 38.5 Å². The SMILES string of the molecule is CCOc1cc(O)ccc1C(O)C=Cc1ccc(OC)cc1OC. The third kappa shape index (κ3) is 4.20. The van der Waals surface area contributed by atoms with Crippen molar-refractivity contribution < 1.29 is 24.4 Å². The molecule has 0 saturated carbocycles. The summed E-state index contributed by atoms with van der Waals surface area (Å²) in [6.45, 7) is 2.29. The lowest BCUT2D eigenvalue weighted by Gasteiger charge is -2.13. The van der Waals surface area contributed by atoms with Gasteiger partial charge in [0.1, 0.15) is 29.1 Å². The van der Waals surface area contributed by atoms with Crippen molar-refractivity contribution in [2.45, 2.75) is 13.0 Å². The van der Waals surface area contributed by atoms with Gasteiger partial charge in [-0.3, -0.25) is 0 Å². The van der Waals surface area contributed by atoms with Gasteiger partial charge in [0, 0.05) is 23.3 Å². The standard InChI is InChI=1S/C19H22O5/c1-4-24-19-11-14(20)7-9-16(19)17(21)10-6-13-5-8-15(22-2)12-18(13)23-3/h5-12,17,20-21H,4H2,1-3H3. The van der Waals surface area contributed by atoms with E-state index in [1.807, 2.05) is 19.1 Å². The molecule has 24 heavy (non-hydrogen) atoms. The van der Waals surface area contributed by atoms with Crippen molar-refractivity contribution in [3.8, 4) is 23.0 Å². The highest BCUT2D eigenvalue weighted by molar-refractivity contribution is 5.60. The number of aromatic hydroxyl groups is 1. The second-order valence-corrected chi connectivity index (χ2v) is 5.07. The van der Waals surface area contributed by atoms with Gasteiger partial charge in [-0.05, 0) is 31.2 Å². The second-order valence-electron chi connectivity index (χ2n) is 5.07. The normalized spacial score (nSPS) is 12.2. The first-order valence-corrected chi connectivity index (χ1v) is 7.63. The molecule has 0 aromatic heterocycles. The Bertz CT molecular complexity index is 709. The number of aliphatic hydroxyl groups is 1. The molecule has 5 heteroatoms. The fraction of sp³-hybridized carbons (Fsp3) is 0.263. The van der Waals surface area contributed by atoms with Crippen LogP contribution in [-0.2, 0) is 0 Å². The van der Waals surface area contributed by atoms with Gasteiger partial charge in [-0.25, -0.2) is 0 Å². The van der Waals surface area contributed by atoms with Gasteiger partial charge in [0.05, 0.1) is 20.8 Å². The summed E-state index contributed by atoms with van der Waals surface area (Å²) >= 11 is 0. The van der Waals surface area contributed by atoms with E-state index in [2.05, 4.69) is 0 Å². The van der Waals surface area contributed by atoms with Crippen LogP contribution < -0.4 is 14.2 Å². The Hall–Kier alpha value is -2.66. The molecule has 2 rings (SSSR count). The minimum atomic E-state index is -0.876. The maximum atomic E-state index is 10.4. The molecule has 0 aliphatic carbocycles. The molecule has 0 fully saturated rings. The van der Waals surface area contributed by atoms with E-state index >= 15 is 0 Å². The van der Waals surface area contributed by atoms with Crippen molar-refractivity contribution in [1.29, 1.82) is 0 Å². The van der Waals surface area contributed by atoms with Gasteiger partial charge in [0.15, 0.2) is 0 Å². The van der Waals surface area contributed by atoms with Crippen molar-refractivity contribution in [2.24, 2.45) is 0 Å². The molecule has 2 N–H and O–H groups in total. The van der Waals surface area contributed by atoms with Crippen LogP contribution in [0.3, 0.4) is 0 Å². The van der Waals surface area contributed by atoms with Crippen LogP contribution >= 0.6 is 0 Å². The average Bonchev–Trinajstić information content (AvgIpc) is 2.60. The largest absolute Gasteiger partial charge is 0.508 e. The summed E-state index contributed by atoms with van der Waals surface area (Å²) in [5, 5.41) is 20.0. The molecule has 0 spiro atoms. The third-order valence-electron chi connectivity index (χ3n) is 3.51. The minimum Gasteiger partial charge on any atom is -0.508 e. The summed E-state index contributed by atoms with van der Waals surface area (Å²) in [7, 11) is 3.17. The maximum absolute atomic E-state index is 10.4. The van der Waals surface area contributed by atoms with Gasteiger partial charge in [0.25, 0.3) is 0 Å². The monoisotopic (exact) mass is 330 g/mol. The van der Waals surface area contributed by atoms with Crippen LogP contribution in [0.2, 0.25) is 0 Å². The van der Waals surface area contributed by atoms with Crippen molar-refractivity contribution in [1.82, 2.24) is 0 Å². The lowest BCUT2D eigenvalue weighted by molar-refractivity contribution is 0.220. The van der Waals surface area contributed by atoms with Gasteiger partial charge in [0.2, 0.25) is 0 Å². The summed E-state index contributed by atoms with van der Waals surface area (Å²) in [4.78, 5) is 0.